The third-order valence-corrected chi connectivity index (χ3v) is 6.75. The zero-order valence-electron chi connectivity index (χ0n) is 18.7. The van der Waals surface area contributed by atoms with Crippen molar-refractivity contribution in [2.45, 2.75) is 4.90 Å². The number of halogens is 2. The van der Waals surface area contributed by atoms with Crippen LogP contribution >= 0.6 is 0 Å². The highest BCUT2D eigenvalue weighted by molar-refractivity contribution is 7.92. The van der Waals surface area contributed by atoms with Gasteiger partial charge in [-0.3, -0.25) is 9.71 Å². The van der Waals surface area contributed by atoms with Crippen LogP contribution in [0.3, 0.4) is 0 Å². The lowest BCUT2D eigenvalue weighted by atomic mass is 9.99. The molecule has 5 aromatic rings. The number of nitrogens with one attached hydrogen (secondary N) is 1. The number of sulfonamides is 1. The van der Waals surface area contributed by atoms with E-state index >= 15 is 0 Å². The minimum Gasteiger partial charge on any atom is -0.480 e. The third-order valence-electron chi connectivity index (χ3n) is 5.41. The van der Waals surface area contributed by atoms with E-state index in [1.807, 2.05) is 30.3 Å². The fraction of sp³-hybridized carbons (Fsp3) is 0.0400. The summed E-state index contributed by atoms with van der Waals surface area (Å²) < 4.78 is 60.5. The number of nitrogens with zero attached hydrogens (tertiary/aromatic N) is 4. The van der Waals surface area contributed by atoms with Gasteiger partial charge in [-0.15, -0.1) is 0 Å². The summed E-state index contributed by atoms with van der Waals surface area (Å²) in [6.07, 6.45) is 6.48. The molecule has 0 saturated heterocycles. The van der Waals surface area contributed by atoms with Crippen molar-refractivity contribution in [3.05, 3.63) is 91.0 Å². The number of benzene rings is 2. The van der Waals surface area contributed by atoms with E-state index < -0.39 is 26.6 Å². The van der Waals surface area contributed by atoms with E-state index in [4.69, 9.17) is 4.74 Å². The summed E-state index contributed by atoms with van der Waals surface area (Å²) in [5.41, 5.74) is 3.81. The first-order chi connectivity index (χ1) is 17.3. The maximum Gasteiger partial charge on any atom is 0.262 e. The van der Waals surface area contributed by atoms with E-state index in [9.17, 15) is 17.2 Å². The van der Waals surface area contributed by atoms with E-state index in [0.717, 1.165) is 39.7 Å². The van der Waals surface area contributed by atoms with E-state index in [-0.39, 0.29) is 11.6 Å². The second-order valence-corrected chi connectivity index (χ2v) is 9.40. The molecule has 0 fully saturated rings. The molecule has 0 spiro atoms. The summed E-state index contributed by atoms with van der Waals surface area (Å²) in [6, 6.07) is 12.8. The van der Waals surface area contributed by atoms with Crippen LogP contribution in [0.1, 0.15) is 0 Å². The number of pyridine rings is 2. The van der Waals surface area contributed by atoms with Crippen molar-refractivity contribution in [2.24, 2.45) is 0 Å². The molecule has 0 aliphatic heterocycles. The first kappa shape index (κ1) is 23.2. The van der Waals surface area contributed by atoms with Crippen LogP contribution in [0.15, 0.2) is 84.3 Å². The Kier molecular flexibility index (Phi) is 5.98. The molecule has 1 N–H and O–H groups in total. The monoisotopic (exact) mass is 505 g/mol. The first-order valence-corrected chi connectivity index (χ1v) is 12.0. The minimum absolute atomic E-state index is 0.00418. The van der Waals surface area contributed by atoms with Gasteiger partial charge in [-0.1, -0.05) is 6.07 Å². The molecule has 0 saturated carbocycles. The second-order valence-electron chi connectivity index (χ2n) is 7.71. The minimum atomic E-state index is -4.34. The Morgan fingerprint density at radius 3 is 2.33 bits per heavy atom. The number of aromatic nitrogens is 4. The predicted molar refractivity (Wildman–Crippen MR) is 130 cm³/mol. The molecular formula is C25H17F2N5O3S. The fourth-order valence-corrected chi connectivity index (χ4v) is 4.85. The van der Waals surface area contributed by atoms with E-state index in [2.05, 4.69) is 24.9 Å². The number of hydrogen-bond donors (Lipinski definition) is 1. The maximum absolute atomic E-state index is 13.6. The van der Waals surface area contributed by atoms with E-state index in [0.29, 0.717) is 11.6 Å². The summed E-state index contributed by atoms with van der Waals surface area (Å²) in [7, 11) is -3.01. The first-order valence-electron chi connectivity index (χ1n) is 10.5. The number of ether oxygens (including phenoxy) is 1. The number of anilines is 1. The molecule has 2 aromatic carbocycles. The average molecular weight is 506 g/mol. The molecule has 180 valence electrons. The Bertz CT molecular complexity index is 1680. The Labute approximate surface area is 204 Å². The Hall–Kier alpha value is -4.51. The summed E-state index contributed by atoms with van der Waals surface area (Å²) in [5, 5.41) is 8.61. The van der Waals surface area contributed by atoms with Gasteiger partial charge < -0.3 is 4.74 Å². The molecular weight excluding hydrogens is 488 g/mol. The van der Waals surface area contributed by atoms with Crippen LogP contribution in [-0.2, 0) is 10.0 Å². The van der Waals surface area contributed by atoms with Gasteiger partial charge in [-0.25, -0.2) is 22.2 Å². The van der Waals surface area contributed by atoms with Crippen molar-refractivity contribution in [1.29, 1.82) is 0 Å². The lowest BCUT2D eigenvalue weighted by molar-refractivity contribution is 0.400. The highest BCUT2D eigenvalue weighted by Crippen LogP contribution is 2.34. The highest BCUT2D eigenvalue weighted by Gasteiger charge is 2.20. The van der Waals surface area contributed by atoms with Gasteiger partial charge in [0.2, 0.25) is 5.88 Å². The Morgan fingerprint density at radius 2 is 1.61 bits per heavy atom. The van der Waals surface area contributed by atoms with Crippen LogP contribution in [0.25, 0.3) is 33.2 Å². The largest absolute Gasteiger partial charge is 0.480 e. The van der Waals surface area contributed by atoms with Gasteiger partial charge in [-0.2, -0.15) is 10.2 Å². The second kappa shape index (κ2) is 9.27. The van der Waals surface area contributed by atoms with Crippen LogP contribution in [-0.4, -0.2) is 35.7 Å². The summed E-state index contributed by atoms with van der Waals surface area (Å²) in [4.78, 5) is 8.07. The molecule has 0 radical (unpaired) electrons. The molecule has 0 bridgehead atoms. The number of methoxy groups -OCH3 is 1. The van der Waals surface area contributed by atoms with Gasteiger partial charge in [0.25, 0.3) is 10.0 Å². The zero-order valence-corrected chi connectivity index (χ0v) is 19.5. The van der Waals surface area contributed by atoms with E-state index in [1.165, 1.54) is 19.4 Å². The summed E-state index contributed by atoms with van der Waals surface area (Å²) in [6.45, 7) is 0. The number of fused-ring (bicyclic) bond motifs is 1. The molecule has 0 unspecified atom stereocenters. The van der Waals surface area contributed by atoms with Gasteiger partial charge in [0.05, 0.1) is 29.9 Å². The van der Waals surface area contributed by atoms with Crippen molar-refractivity contribution in [2.75, 3.05) is 11.8 Å². The Morgan fingerprint density at radius 1 is 0.806 bits per heavy atom. The number of rotatable bonds is 6. The van der Waals surface area contributed by atoms with Crippen LogP contribution < -0.4 is 9.46 Å². The summed E-state index contributed by atoms with van der Waals surface area (Å²) >= 11 is 0. The van der Waals surface area contributed by atoms with Gasteiger partial charge in [0.15, 0.2) is 0 Å². The number of hydrogen-bond acceptors (Lipinski definition) is 7. The fourth-order valence-electron chi connectivity index (χ4n) is 3.76. The zero-order chi connectivity index (χ0) is 25.3. The van der Waals surface area contributed by atoms with Gasteiger partial charge in [0.1, 0.15) is 17.3 Å². The van der Waals surface area contributed by atoms with Crippen LogP contribution in [0.2, 0.25) is 0 Å². The quantitative estimate of drug-likeness (QED) is 0.352. The van der Waals surface area contributed by atoms with Crippen LogP contribution in [0.4, 0.5) is 14.5 Å². The molecule has 0 amide bonds. The smallest absolute Gasteiger partial charge is 0.262 e. The topological polar surface area (TPSA) is 107 Å². The lowest BCUT2D eigenvalue weighted by Crippen LogP contribution is -2.14. The van der Waals surface area contributed by atoms with Crippen molar-refractivity contribution in [1.82, 2.24) is 20.2 Å². The molecule has 8 nitrogen and oxygen atoms in total. The van der Waals surface area contributed by atoms with Gasteiger partial charge >= 0.3 is 0 Å². The molecule has 0 aliphatic rings. The SMILES string of the molecule is COc1ncc(-c2ccc3nccc(-c4ccnnc4)c3c2)cc1NS(=O)(=O)c1cc(F)cc(F)c1. The third kappa shape index (κ3) is 4.56. The average Bonchev–Trinajstić information content (AvgIpc) is 2.88. The normalized spacial score (nSPS) is 11.4. The van der Waals surface area contributed by atoms with Crippen molar-refractivity contribution in [3.63, 3.8) is 0 Å². The highest BCUT2D eigenvalue weighted by atomic mass is 32.2. The van der Waals surface area contributed by atoms with Gasteiger partial charge in [0, 0.05) is 35.0 Å². The van der Waals surface area contributed by atoms with Crippen molar-refractivity contribution in [3.8, 4) is 28.1 Å². The molecule has 3 heterocycles. The lowest BCUT2D eigenvalue weighted by Gasteiger charge is -2.13. The molecule has 36 heavy (non-hydrogen) atoms. The van der Waals surface area contributed by atoms with Crippen molar-refractivity contribution < 1.29 is 21.9 Å². The van der Waals surface area contributed by atoms with Crippen LogP contribution in [0.5, 0.6) is 5.88 Å². The van der Waals surface area contributed by atoms with E-state index in [1.54, 1.807) is 18.6 Å². The standard InChI is InChI=1S/C25H17F2N5O3S/c1-35-25-24(32-36(33,34)20-11-18(26)10-19(27)12-20)9-17(13-29-25)15-2-3-23-22(8-15)21(5-6-28-23)16-4-7-30-31-14-16/h2-14,32H,1H3. The van der Waals surface area contributed by atoms with Crippen LogP contribution in [0, 0.1) is 11.6 Å². The molecule has 0 aliphatic carbocycles. The maximum atomic E-state index is 13.6. The van der Waals surface area contributed by atoms with Gasteiger partial charge in [-0.05, 0) is 53.6 Å². The molecule has 0 atom stereocenters. The molecule has 5 rings (SSSR count). The predicted octanol–water partition coefficient (Wildman–Crippen LogP) is 4.84. The molecule has 3 aromatic heterocycles. The van der Waals surface area contributed by atoms with Crippen molar-refractivity contribution >= 4 is 26.6 Å². The molecule has 11 heteroatoms. The Balaban J connectivity index is 1.58. The summed E-state index contributed by atoms with van der Waals surface area (Å²) in [5.74, 6) is -2.04.